The van der Waals surface area contributed by atoms with Crippen molar-refractivity contribution in [3.8, 4) is 0 Å². The van der Waals surface area contributed by atoms with Crippen molar-refractivity contribution >= 4 is 33.2 Å². The third-order valence-electron chi connectivity index (χ3n) is 1.52. The molecule has 0 aliphatic carbocycles. The first-order valence-corrected chi connectivity index (χ1v) is 5.52. The van der Waals surface area contributed by atoms with Gasteiger partial charge in [-0.25, -0.2) is 4.98 Å². The maximum Gasteiger partial charge on any atom is 0.124 e. The van der Waals surface area contributed by atoms with Crippen LogP contribution in [0.4, 0.5) is 0 Å². The SMILES string of the molecule is CC.Cc1cnc2scc(Cl)c2c1. The number of hydrogen-bond donors (Lipinski definition) is 0. The van der Waals surface area contributed by atoms with Gasteiger partial charge in [0.05, 0.1) is 5.02 Å². The van der Waals surface area contributed by atoms with Crippen molar-refractivity contribution in [3.05, 3.63) is 28.2 Å². The van der Waals surface area contributed by atoms with Gasteiger partial charge in [0.2, 0.25) is 0 Å². The van der Waals surface area contributed by atoms with Crippen LogP contribution in [0.25, 0.3) is 10.2 Å². The maximum absolute atomic E-state index is 5.91. The Bertz CT molecular complexity index is 395. The minimum absolute atomic E-state index is 0.807. The second kappa shape index (κ2) is 4.58. The van der Waals surface area contributed by atoms with Crippen LogP contribution in [-0.4, -0.2) is 4.98 Å². The number of hydrogen-bond acceptors (Lipinski definition) is 2. The molecule has 0 saturated heterocycles. The monoisotopic (exact) mass is 213 g/mol. The fourth-order valence-electron chi connectivity index (χ4n) is 0.993. The van der Waals surface area contributed by atoms with Gasteiger partial charge in [-0.05, 0) is 18.6 Å². The van der Waals surface area contributed by atoms with E-state index in [2.05, 4.69) is 11.1 Å². The van der Waals surface area contributed by atoms with Gasteiger partial charge in [0.15, 0.2) is 0 Å². The van der Waals surface area contributed by atoms with E-state index in [4.69, 9.17) is 11.6 Å². The first-order valence-electron chi connectivity index (χ1n) is 4.27. The van der Waals surface area contributed by atoms with E-state index in [0.29, 0.717) is 0 Å². The van der Waals surface area contributed by atoms with E-state index in [1.54, 1.807) is 11.3 Å². The zero-order chi connectivity index (χ0) is 9.84. The van der Waals surface area contributed by atoms with Crippen molar-refractivity contribution in [3.63, 3.8) is 0 Å². The average molecular weight is 214 g/mol. The second-order valence-electron chi connectivity index (χ2n) is 2.45. The molecule has 0 fully saturated rings. The lowest BCUT2D eigenvalue weighted by atomic mass is 10.2. The highest BCUT2D eigenvalue weighted by Gasteiger charge is 2.01. The lowest BCUT2D eigenvalue weighted by Gasteiger charge is -1.91. The minimum atomic E-state index is 0.807. The van der Waals surface area contributed by atoms with Gasteiger partial charge >= 0.3 is 0 Å². The number of fused-ring (bicyclic) bond motifs is 1. The summed E-state index contributed by atoms with van der Waals surface area (Å²) in [5.41, 5.74) is 1.15. The van der Waals surface area contributed by atoms with Gasteiger partial charge < -0.3 is 0 Å². The van der Waals surface area contributed by atoms with Gasteiger partial charge in [0.1, 0.15) is 4.83 Å². The van der Waals surface area contributed by atoms with Crippen LogP contribution in [0.2, 0.25) is 5.02 Å². The Balaban J connectivity index is 0.000000396. The molecule has 0 amide bonds. The van der Waals surface area contributed by atoms with Gasteiger partial charge in [0.25, 0.3) is 0 Å². The summed E-state index contributed by atoms with van der Waals surface area (Å²) in [6.45, 7) is 6.01. The maximum atomic E-state index is 5.91. The van der Waals surface area contributed by atoms with E-state index >= 15 is 0 Å². The van der Waals surface area contributed by atoms with Crippen LogP contribution in [0.15, 0.2) is 17.6 Å². The molecule has 0 N–H and O–H groups in total. The molecular formula is C10H12ClNS. The highest BCUT2D eigenvalue weighted by atomic mass is 35.5. The highest BCUT2D eigenvalue weighted by Crippen LogP contribution is 2.28. The van der Waals surface area contributed by atoms with Crippen molar-refractivity contribution in [1.29, 1.82) is 0 Å². The van der Waals surface area contributed by atoms with Crippen LogP contribution in [0.5, 0.6) is 0 Å². The Hall–Kier alpha value is -0.600. The Morgan fingerprint density at radius 2 is 2.08 bits per heavy atom. The van der Waals surface area contributed by atoms with Crippen molar-refractivity contribution < 1.29 is 0 Å². The summed E-state index contributed by atoms with van der Waals surface area (Å²) < 4.78 is 0. The summed E-state index contributed by atoms with van der Waals surface area (Å²) in [6, 6.07) is 2.06. The molecule has 1 nitrogen and oxygen atoms in total. The van der Waals surface area contributed by atoms with Crippen LogP contribution in [0.1, 0.15) is 19.4 Å². The predicted molar refractivity (Wildman–Crippen MR) is 60.7 cm³/mol. The first kappa shape index (κ1) is 10.5. The summed E-state index contributed by atoms with van der Waals surface area (Å²) in [4.78, 5) is 5.25. The fraction of sp³-hybridized carbons (Fsp3) is 0.300. The summed E-state index contributed by atoms with van der Waals surface area (Å²) in [7, 11) is 0. The number of rotatable bonds is 0. The van der Waals surface area contributed by atoms with E-state index < -0.39 is 0 Å². The fourth-order valence-corrected chi connectivity index (χ4v) is 2.08. The van der Waals surface area contributed by atoms with Crippen molar-refractivity contribution in [2.45, 2.75) is 20.8 Å². The van der Waals surface area contributed by atoms with Crippen molar-refractivity contribution in [2.24, 2.45) is 0 Å². The second-order valence-corrected chi connectivity index (χ2v) is 3.71. The van der Waals surface area contributed by atoms with E-state index in [1.807, 2.05) is 32.3 Å². The molecule has 0 aromatic carbocycles. The Morgan fingerprint density at radius 3 is 2.77 bits per heavy atom. The van der Waals surface area contributed by atoms with E-state index in [1.165, 1.54) is 0 Å². The summed E-state index contributed by atoms with van der Waals surface area (Å²) >= 11 is 7.49. The standard InChI is InChI=1S/C8H6ClNS.C2H6/c1-5-2-6-7(9)4-11-8(6)10-3-5;1-2/h2-4H,1H3;1-2H3. The molecule has 3 heteroatoms. The molecule has 2 aromatic heterocycles. The molecule has 2 aromatic rings. The molecule has 0 unspecified atom stereocenters. The third-order valence-corrected chi connectivity index (χ3v) is 2.86. The topological polar surface area (TPSA) is 12.9 Å². The molecule has 0 spiro atoms. The number of aryl methyl sites for hydroxylation is 1. The number of nitrogens with zero attached hydrogens (tertiary/aromatic N) is 1. The molecule has 2 rings (SSSR count). The molecule has 2 heterocycles. The Morgan fingerprint density at radius 1 is 1.38 bits per heavy atom. The van der Waals surface area contributed by atoms with Crippen LogP contribution in [-0.2, 0) is 0 Å². The predicted octanol–water partition coefficient (Wildman–Crippen LogP) is 4.28. The molecular weight excluding hydrogens is 202 g/mol. The first-order chi connectivity index (χ1) is 6.27. The molecule has 0 bridgehead atoms. The Labute approximate surface area is 87.4 Å². The van der Waals surface area contributed by atoms with E-state index in [9.17, 15) is 0 Å². The van der Waals surface area contributed by atoms with Gasteiger partial charge in [-0.3, -0.25) is 0 Å². The van der Waals surface area contributed by atoms with E-state index in [-0.39, 0.29) is 0 Å². The van der Waals surface area contributed by atoms with Crippen molar-refractivity contribution in [2.75, 3.05) is 0 Å². The van der Waals surface area contributed by atoms with Crippen LogP contribution >= 0.6 is 22.9 Å². The van der Waals surface area contributed by atoms with Gasteiger partial charge in [-0.1, -0.05) is 25.4 Å². The molecule has 13 heavy (non-hydrogen) atoms. The Kier molecular flexibility index (Phi) is 3.70. The molecule has 70 valence electrons. The summed E-state index contributed by atoms with van der Waals surface area (Å²) in [6.07, 6.45) is 1.86. The van der Waals surface area contributed by atoms with E-state index in [0.717, 1.165) is 20.8 Å². The number of pyridine rings is 1. The quantitative estimate of drug-likeness (QED) is 0.637. The zero-order valence-corrected chi connectivity index (χ0v) is 9.54. The number of thiophene rings is 1. The van der Waals surface area contributed by atoms with Crippen LogP contribution < -0.4 is 0 Å². The zero-order valence-electron chi connectivity index (χ0n) is 7.97. The molecule has 0 atom stereocenters. The average Bonchev–Trinajstić information content (AvgIpc) is 2.52. The third kappa shape index (κ3) is 2.20. The molecule has 0 radical (unpaired) electrons. The normalized spacial score (nSPS) is 9.54. The molecule has 0 aliphatic rings. The lowest BCUT2D eigenvalue weighted by Crippen LogP contribution is -1.74. The molecule has 0 saturated carbocycles. The smallest absolute Gasteiger partial charge is 0.124 e. The summed E-state index contributed by atoms with van der Waals surface area (Å²) in [5.74, 6) is 0. The van der Waals surface area contributed by atoms with Gasteiger partial charge in [0, 0.05) is 17.0 Å². The number of halogens is 1. The summed E-state index contributed by atoms with van der Waals surface area (Å²) in [5, 5.41) is 3.79. The van der Waals surface area contributed by atoms with Gasteiger partial charge in [-0.2, -0.15) is 0 Å². The van der Waals surface area contributed by atoms with Gasteiger partial charge in [-0.15, -0.1) is 11.3 Å². The van der Waals surface area contributed by atoms with Crippen LogP contribution in [0, 0.1) is 6.92 Å². The van der Waals surface area contributed by atoms with Crippen molar-refractivity contribution in [1.82, 2.24) is 4.98 Å². The van der Waals surface area contributed by atoms with Crippen LogP contribution in [0.3, 0.4) is 0 Å². The largest absolute Gasteiger partial charge is 0.245 e. The lowest BCUT2D eigenvalue weighted by molar-refractivity contribution is 1.35. The highest BCUT2D eigenvalue weighted by molar-refractivity contribution is 7.17. The number of aromatic nitrogens is 1. The minimum Gasteiger partial charge on any atom is -0.245 e. The molecule has 0 aliphatic heterocycles.